The van der Waals surface area contributed by atoms with Crippen molar-refractivity contribution in [3.05, 3.63) is 49.6 Å². The fourth-order valence-corrected chi connectivity index (χ4v) is 2.21. The predicted octanol–water partition coefficient (Wildman–Crippen LogP) is 4.22. The molecule has 82 valence electrons. The van der Waals surface area contributed by atoms with E-state index in [1.807, 2.05) is 30.3 Å². The predicted molar refractivity (Wildman–Crippen MR) is 86.0 cm³/mol. The highest BCUT2D eigenvalue weighted by atomic mass is 127. The van der Waals surface area contributed by atoms with Crippen LogP contribution >= 0.6 is 45.2 Å². The Hall–Kier alpha value is -0.500. The highest BCUT2D eigenvalue weighted by Gasteiger charge is 2.00. The molecule has 0 aliphatic heterocycles. The molecule has 2 nitrogen and oxygen atoms in total. The van der Waals surface area contributed by atoms with Crippen molar-refractivity contribution in [2.45, 2.75) is 0 Å². The first-order valence-corrected chi connectivity index (χ1v) is 6.88. The standard InChI is InChI=1S/C12H10I2N2/c13-8-1-4-10(5-2-8)16-12-6-3-9(14)7-11(12)15/h1-7,16H,15H2. The maximum atomic E-state index is 5.93. The van der Waals surface area contributed by atoms with E-state index in [-0.39, 0.29) is 0 Å². The summed E-state index contributed by atoms with van der Waals surface area (Å²) in [5, 5.41) is 3.29. The maximum Gasteiger partial charge on any atom is 0.0618 e. The minimum atomic E-state index is 0.769. The van der Waals surface area contributed by atoms with Gasteiger partial charge >= 0.3 is 0 Å². The Labute approximate surface area is 122 Å². The smallest absolute Gasteiger partial charge is 0.0618 e. The van der Waals surface area contributed by atoms with Gasteiger partial charge in [0.2, 0.25) is 0 Å². The summed E-state index contributed by atoms with van der Waals surface area (Å²) in [6.45, 7) is 0. The first-order chi connectivity index (χ1) is 7.65. The zero-order valence-electron chi connectivity index (χ0n) is 8.37. The molecule has 0 spiro atoms. The van der Waals surface area contributed by atoms with Crippen LogP contribution in [0.5, 0.6) is 0 Å². The molecule has 2 aromatic rings. The average Bonchev–Trinajstić information content (AvgIpc) is 2.25. The molecule has 0 aliphatic carbocycles. The molecule has 16 heavy (non-hydrogen) atoms. The van der Waals surface area contributed by atoms with E-state index in [1.54, 1.807) is 0 Å². The van der Waals surface area contributed by atoms with Crippen molar-refractivity contribution in [1.29, 1.82) is 0 Å². The van der Waals surface area contributed by atoms with Crippen molar-refractivity contribution in [1.82, 2.24) is 0 Å². The highest BCUT2D eigenvalue weighted by Crippen LogP contribution is 2.25. The summed E-state index contributed by atoms with van der Waals surface area (Å²) >= 11 is 4.53. The van der Waals surface area contributed by atoms with Gasteiger partial charge in [-0.15, -0.1) is 0 Å². The zero-order chi connectivity index (χ0) is 11.5. The monoisotopic (exact) mass is 436 g/mol. The Morgan fingerprint density at radius 3 is 2.12 bits per heavy atom. The van der Waals surface area contributed by atoms with Crippen molar-refractivity contribution in [3.63, 3.8) is 0 Å². The Morgan fingerprint density at radius 2 is 1.50 bits per heavy atom. The third kappa shape index (κ3) is 3.00. The molecule has 2 aromatic carbocycles. The fraction of sp³-hybridized carbons (Fsp3) is 0. The molecule has 0 saturated heterocycles. The van der Waals surface area contributed by atoms with Gasteiger partial charge in [0.1, 0.15) is 0 Å². The Kier molecular flexibility index (Phi) is 3.91. The highest BCUT2D eigenvalue weighted by molar-refractivity contribution is 14.1. The molecular formula is C12H10I2N2. The second-order valence-electron chi connectivity index (χ2n) is 3.36. The third-order valence-electron chi connectivity index (χ3n) is 2.14. The van der Waals surface area contributed by atoms with Crippen molar-refractivity contribution in [2.75, 3.05) is 11.1 Å². The molecular weight excluding hydrogens is 426 g/mol. The van der Waals surface area contributed by atoms with E-state index in [2.05, 4.69) is 62.6 Å². The number of benzene rings is 2. The molecule has 0 aliphatic rings. The molecule has 0 aromatic heterocycles. The van der Waals surface area contributed by atoms with Crippen molar-refractivity contribution >= 4 is 62.2 Å². The summed E-state index contributed by atoms with van der Waals surface area (Å²) in [6.07, 6.45) is 0. The topological polar surface area (TPSA) is 38.0 Å². The zero-order valence-corrected chi connectivity index (χ0v) is 12.7. The Balaban J connectivity index is 2.23. The molecule has 0 fully saturated rings. The molecule has 0 saturated carbocycles. The van der Waals surface area contributed by atoms with Crippen molar-refractivity contribution < 1.29 is 0 Å². The minimum Gasteiger partial charge on any atom is -0.397 e. The summed E-state index contributed by atoms with van der Waals surface area (Å²) in [5.41, 5.74) is 8.69. The second kappa shape index (κ2) is 5.22. The lowest BCUT2D eigenvalue weighted by atomic mass is 10.2. The number of hydrogen-bond donors (Lipinski definition) is 2. The van der Waals surface area contributed by atoms with E-state index in [0.717, 1.165) is 20.6 Å². The molecule has 2 rings (SSSR count). The molecule has 0 heterocycles. The third-order valence-corrected chi connectivity index (χ3v) is 3.53. The van der Waals surface area contributed by atoms with E-state index in [1.165, 1.54) is 3.57 Å². The van der Waals surface area contributed by atoms with Crippen LogP contribution in [0.3, 0.4) is 0 Å². The first kappa shape index (κ1) is 12.0. The maximum absolute atomic E-state index is 5.93. The Bertz CT molecular complexity index is 495. The molecule has 0 radical (unpaired) electrons. The molecule has 0 amide bonds. The van der Waals surface area contributed by atoms with Crippen LogP contribution < -0.4 is 11.1 Å². The van der Waals surface area contributed by atoms with Gasteiger partial charge in [-0.1, -0.05) is 0 Å². The van der Waals surface area contributed by atoms with Crippen LogP contribution in [0, 0.1) is 7.14 Å². The van der Waals surface area contributed by atoms with E-state index in [0.29, 0.717) is 0 Å². The summed E-state index contributed by atoms with van der Waals surface area (Å²) in [5.74, 6) is 0. The lowest BCUT2D eigenvalue weighted by molar-refractivity contribution is 1.52. The van der Waals surface area contributed by atoms with Gasteiger partial charge in [0.05, 0.1) is 11.4 Å². The van der Waals surface area contributed by atoms with E-state index < -0.39 is 0 Å². The molecule has 3 N–H and O–H groups in total. The summed E-state index contributed by atoms with van der Waals surface area (Å²) in [6, 6.07) is 14.2. The van der Waals surface area contributed by atoms with Crippen LogP contribution in [-0.2, 0) is 0 Å². The lowest BCUT2D eigenvalue weighted by Gasteiger charge is -2.09. The van der Waals surface area contributed by atoms with E-state index in [4.69, 9.17) is 5.73 Å². The molecule has 0 bridgehead atoms. The van der Waals surface area contributed by atoms with Gasteiger partial charge < -0.3 is 11.1 Å². The number of nitrogens with two attached hydrogens (primary N) is 1. The SMILES string of the molecule is Nc1cc(I)ccc1Nc1ccc(I)cc1. The van der Waals surface area contributed by atoms with Gasteiger partial charge in [0.15, 0.2) is 0 Å². The van der Waals surface area contributed by atoms with Gasteiger partial charge in [0.25, 0.3) is 0 Å². The van der Waals surface area contributed by atoms with Crippen molar-refractivity contribution in [2.24, 2.45) is 0 Å². The molecule has 0 unspecified atom stereocenters. The van der Waals surface area contributed by atoms with Gasteiger partial charge in [0, 0.05) is 12.8 Å². The van der Waals surface area contributed by atoms with E-state index >= 15 is 0 Å². The van der Waals surface area contributed by atoms with Crippen LogP contribution in [0.15, 0.2) is 42.5 Å². The normalized spacial score (nSPS) is 10.1. The van der Waals surface area contributed by atoms with Crippen LogP contribution in [0.1, 0.15) is 0 Å². The molecule has 4 heteroatoms. The quantitative estimate of drug-likeness (QED) is 0.547. The number of nitrogen functional groups attached to an aromatic ring is 1. The number of rotatable bonds is 2. The molecule has 0 atom stereocenters. The van der Waals surface area contributed by atoms with Gasteiger partial charge in [-0.05, 0) is 87.6 Å². The van der Waals surface area contributed by atoms with Gasteiger partial charge in [-0.25, -0.2) is 0 Å². The number of halogens is 2. The number of hydrogen-bond acceptors (Lipinski definition) is 2. The minimum absolute atomic E-state index is 0.769. The number of nitrogens with one attached hydrogen (secondary N) is 1. The van der Waals surface area contributed by atoms with Crippen LogP contribution in [0.4, 0.5) is 17.1 Å². The first-order valence-electron chi connectivity index (χ1n) is 4.73. The van der Waals surface area contributed by atoms with Crippen molar-refractivity contribution in [3.8, 4) is 0 Å². The van der Waals surface area contributed by atoms with Crippen LogP contribution in [0.2, 0.25) is 0 Å². The summed E-state index contributed by atoms with van der Waals surface area (Å²) in [4.78, 5) is 0. The Morgan fingerprint density at radius 1 is 0.875 bits per heavy atom. The van der Waals surface area contributed by atoms with Gasteiger partial charge in [-0.3, -0.25) is 0 Å². The summed E-state index contributed by atoms with van der Waals surface area (Å²) < 4.78 is 2.36. The fourth-order valence-electron chi connectivity index (χ4n) is 1.34. The van der Waals surface area contributed by atoms with Crippen LogP contribution in [-0.4, -0.2) is 0 Å². The van der Waals surface area contributed by atoms with Gasteiger partial charge in [-0.2, -0.15) is 0 Å². The lowest BCUT2D eigenvalue weighted by Crippen LogP contribution is -1.96. The number of anilines is 3. The summed E-state index contributed by atoms with van der Waals surface area (Å²) in [7, 11) is 0. The van der Waals surface area contributed by atoms with E-state index in [9.17, 15) is 0 Å². The largest absolute Gasteiger partial charge is 0.397 e. The van der Waals surface area contributed by atoms with Crippen LogP contribution in [0.25, 0.3) is 0 Å². The second-order valence-corrected chi connectivity index (χ2v) is 5.85. The average molecular weight is 436 g/mol.